The van der Waals surface area contributed by atoms with Crippen molar-refractivity contribution in [3.05, 3.63) is 34.9 Å². The summed E-state index contributed by atoms with van der Waals surface area (Å²) < 4.78 is 5.47. The van der Waals surface area contributed by atoms with Crippen LogP contribution in [-0.4, -0.2) is 43.5 Å². The van der Waals surface area contributed by atoms with Gasteiger partial charge in [0.1, 0.15) is 5.78 Å². The first-order valence-electron chi connectivity index (χ1n) is 11.1. The summed E-state index contributed by atoms with van der Waals surface area (Å²) in [5, 5.41) is 0. The lowest BCUT2D eigenvalue weighted by molar-refractivity contribution is -0.117. The van der Waals surface area contributed by atoms with Gasteiger partial charge in [0, 0.05) is 32.7 Å². The average molecular weight is 372 g/mol. The molecule has 150 valence electrons. The molecule has 2 heterocycles. The van der Waals surface area contributed by atoms with Gasteiger partial charge < -0.3 is 14.4 Å². The molecule has 0 N–H and O–H groups in total. The van der Waals surface area contributed by atoms with Gasteiger partial charge in [0.25, 0.3) is 0 Å². The number of hydrogen-bond donors (Lipinski definition) is 0. The molecule has 0 unspecified atom stereocenters. The van der Waals surface area contributed by atoms with Gasteiger partial charge in [-0.05, 0) is 81.0 Å². The van der Waals surface area contributed by atoms with Gasteiger partial charge in [-0.25, -0.2) is 0 Å². The molecule has 1 saturated heterocycles. The maximum atomic E-state index is 11.2. The fraction of sp³-hybridized carbons (Fsp3) is 0.708. The third kappa shape index (κ3) is 6.73. The van der Waals surface area contributed by atoms with Crippen LogP contribution in [-0.2, 0) is 28.8 Å². The van der Waals surface area contributed by atoms with E-state index in [1.54, 1.807) is 23.6 Å². The van der Waals surface area contributed by atoms with Crippen LogP contribution in [0.1, 0.15) is 68.6 Å². The molecule has 27 heavy (non-hydrogen) atoms. The lowest BCUT2D eigenvalue weighted by Gasteiger charge is -2.21. The molecule has 0 bridgehead atoms. The van der Waals surface area contributed by atoms with Crippen molar-refractivity contribution in [2.75, 3.05) is 32.8 Å². The van der Waals surface area contributed by atoms with Crippen molar-refractivity contribution < 1.29 is 9.53 Å². The fourth-order valence-electron chi connectivity index (χ4n) is 4.70. The van der Waals surface area contributed by atoms with Crippen molar-refractivity contribution in [1.29, 1.82) is 0 Å². The Morgan fingerprint density at radius 1 is 1.11 bits per heavy atom. The highest BCUT2D eigenvalue weighted by atomic mass is 16.5. The average Bonchev–Trinajstić information content (AvgIpc) is 2.89. The minimum absolute atomic E-state index is 0.316. The van der Waals surface area contributed by atoms with E-state index in [2.05, 4.69) is 23.1 Å². The van der Waals surface area contributed by atoms with E-state index < -0.39 is 0 Å². The van der Waals surface area contributed by atoms with Crippen molar-refractivity contribution in [1.82, 2.24) is 4.90 Å². The van der Waals surface area contributed by atoms with Gasteiger partial charge in [-0.1, -0.05) is 31.0 Å². The Morgan fingerprint density at radius 2 is 1.93 bits per heavy atom. The molecule has 0 amide bonds. The first-order chi connectivity index (χ1) is 13.2. The lowest BCUT2D eigenvalue weighted by Crippen LogP contribution is -2.27. The Kier molecular flexibility index (Phi) is 8.34. The molecule has 3 heteroatoms. The van der Waals surface area contributed by atoms with E-state index in [-0.39, 0.29) is 0 Å². The van der Waals surface area contributed by atoms with E-state index in [4.69, 9.17) is 4.74 Å². The number of ether oxygens (including phenoxy) is 1. The van der Waals surface area contributed by atoms with Crippen molar-refractivity contribution in [2.24, 2.45) is 5.92 Å². The largest absolute Gasteiger partial charge is 0.381 e. The zero-order valence-corrected chi connectivity index (χ0v) is 17.2. The number of unbranched alkanes of at least 4 members (excludes halogenated alkanes) is 1. The molecule has 1 aromatic rings. The number of carbonyl (C=O) groups is 1. The number of benzene rings is 1. The van der Waals surface area contributed by atoms with Gasteiger partial charge in [0.05, 0.1) is 0 Å². The van der Waals surface area contributed by atoms with Crippen molar-refractivity contribution in [3.63, 3.8) is 0 Å². The Bertz CT molecular complexity index is 592. The first kappa shape index (κ1) is 20.5. The summed E-state index contributed by atoms with van der Waals surface area (Å²) >= 11 is 0. The summed E-state index contributed by atoms with van der Waals surface area (Å²) in [5.41, 5.74) is 4.77. The molecule has 2 aliphatic heterocycles. The molecule has 2 aliphatic rings. The molecule has 1 aromatic carbocycles. The van der Waals surface area contributed by atoms with Crippen LogP contribution in [0.25, 0.3) is 0 Å². The van der Waals surface area contributed by atoms with Gasteiger partial charge in [-0.2, -0.15) is 0 Å². The second kappa shape index (κ2) is 11.0. The predicted octanol–water partition coefficient (Wildman–Crippen LogP) is 4.60. The smallest absolute Gasteiger partial charge is 0.129 e. The molecule has 3 rings (SSSR count). The van der Waals surface area contributed by atoms with Gasteiger partial charge in [0.2, 0.25) is 0 Å². The van der Waals surface area contributed by atoms with Crippen LogP contribution in [0.3, 0.4) is 0 Å². The summed E-state index contributed by atoms with van der Waals surface area (Å²) in [5.74, 6) is 1.21. The number of fused-ring (bicyclic) bond motifs is 1. The Morgan fingerprint density at radius 3 is 2.74 bits per heavy atom. The molecule has 0 atom stereocenters. The van der Waals surface area contributed by atoms with Crippen LogP contribution in [0, 0.1) is 5.92 Å². The molecular weight excluding hydrogens is 334 g/mol. The van der Waals surface area contributed by atoms with Crippen LogP contribution >= 0.6 is 0 Å². The van der Waals surface area contributed by atoms with E-state index in [0.29, 0.717) is 5.78 Å². The minimum Gasteiger partial charge on any atom is -0.381 e. The summed E-state index contributed by atoms with van der Waals surface area (Å²) in [7, 11) is 0. The Labute approximate surface area is 165 Å². The van der Waals surface area contributed by atoms with E-state index in [1.165, 1.54) is 44.9 Å². The summed E-state index contributed by atoms with van der Waals surface area (Å²) in [6, 6.07) is 6.96. The SMILES string of the molecule is CC(=O)CCCN1CCc2cccc(CCCCC3CCOCC3)c2CC1. The number of aryl methyl sites for hydroxylation is 1. The monoisotopic (exact) mass is 371 g/mol. The van der Waals surface area contributed by atoms with E-state index >= 15 is 0 Å². The third-order valence-electron chi connectivity index (χ3n) is 6.40. The highest BCUT2D eigenvalue weighted by Crippen LogP contribution is 2.24. The molecular formula is C24H37NO2. The predicted molar refractivity (Wildman–Crippen MR) is 111 cm³/mol. The second-order valence-corrected chi connectivity index (χ2v) is 8.50. The summed E-state index contributed by atoms with van der Waals surface area (Å²) in [4.78, 5) is 13.7. The van der Waals surface area contributed by atoms with E-state index in [9.17, 15) is 4.79 Å². The maximum absolute atomic E-state index is 11.2. The van der Waals surface area contributed by atoms with Crippen molar-refractivity contribution in [3.8, 4) is 0 Å². The van der Waals surface area contributed by atoms with Crippen LogP contribution < -0.4 is 0 Å². The van der Waals surface area contributed by atoms with Crippen LogP contribution in [0.5, 0.6) is 0 Å². The zero-order chi connectivity index (χ0) is 18.9. The van der Waals surface area contributed by atoms with Gasteiger partial charge >= 0.3 is 0 Å². The lowest BCUT2D eigenvalue weighted by atomic mass is 9.91. The van der Waals surface area contributed by atoms with Gasteiger partial charge in [-0.3, -0.25) is 0 Å². The van der Waals surface area contributed by atoms with Gasteiger partial charge in [-0.15, -0.1) is 0 Å². The Balaban J connectivity index is 1.46. The van der Waals surface area contributed by atoms with Crippen molar-refractivity contribution >= 4 is 5.78 Å². The van der Waals surface area contributed by atoms with Gasteiger partial charge in [0.15, 0.2) is 0 Å². The van der Waals surface area contributed by atoms with Crippen LogP contribution in [0.15, 0.2) is 18.2 Å². The molecule has 0 aromatic heterocycles. The second-order valence-electron chi connectivity index (χ2n) is 8.50. The fourth-order valence-corrected chi connectivity index (χ4v) is 4.70. The molecule has 0 spiro atoms. The molecule has 0 aliphatic carbocycles. The highest BCUT2D eigenvalue weighted by Gasteiger charge is 2.17. The highest BCUT2D eigenvalue weighted by molar-refractivity contribution is 5.75. The quantitative estimate of drug-likeness (QED) is 0.594. The molecule has 1 fully saturated rings. The first-order valence-corrected chi connectivity index (χ1v) is 11.1. The number of ketones is 1. The van der Waals surface area contributed by atoms with Crippen LogP contribution in [0.4, 0.5) is 0 Å². The number of Topliss-reactive ketones (excluding diaryl/α,β-unsaturated/α-hetero) is 1. The third-order valence-corrected chi connectivity index (χ3v) is 6.40. The van der Waals surface area contributed by atoms with E-state index in [1.807, 2.05) is 0 Å². The minimum atomic E-state index is 0.316. The topological polar surface area (TPSA) is 29.5 Å². The van der Waals surface area contributed by atoms with E-state index in [0.717, 1.165) is 58.0 Å². The number of rotatable bonds is 9. The number of hydrogen-bond acceptors (Lipinski definition) is 3. The number of nitrogens with zero attached hydrogens (tertiary/aromatic N) is 1. The number of carbonyl (C=O) groups excluding carboxylic acids is 1. The van der Waals surface area contributed by atoms with Crippen LogP contribution in [0.2, 0.25) is 0 Å². The normalized spacial score (nSPS) is 18.9. The molecule has 0 saturated carbocycles. The standard InChI is InChI=1S/C24H37NO2/c1-20(26)6-5-15-25-16-11-23-10-4-9-22(24(23)12-17-25)8-3-2-7-21-13-18-27-19-14-21/h4,9-10,21H,2-3,5-8,11-19H2,1H3. The van der Waals surface area contributed by atoms with Crippen molar-refractivity contribution in [2.45, 2.75) is 71.1 Å². The summed E-state index contributed by atoms with van der Waals surface area (Å²) in [6.45, 7) is 6.99. The summed E-state index contributed by atoms with van der Waals surface area (Å²) in [6.07, 6.45) is 11.9. The zero-order valence-electron chi connectivity index (χ0n) is 17.2. The Hall–Kier alpha value is -1.19. The molecule has 3 nitrogen and oxygen atoms in total. The maximum Gasteiger partial charge on any atom is 0.129 e. The molecule has 0 radical (unpaired) electrons.